The van der Waals surface area contributed by atoms with Crippen molar-refractivity contribution in [3.05, 3.63) is 35.6 Å². The number of benzene rings is 1. The van der Waals surface area contributed by atoms with E-state index in [-0.39, 0.29) is 5.56 Å². The van der Waals surface area contributed by atoms with Gasteiger partial charge < -0.3 is 0 Å². The van der Waals surface area contributed by atoms with Gasteiger partial charge in [0.05, 0.1) is 0 Å². The lowest BCUT2D eigenvalue weighted by atomic mass is 10.1. The minimum atomic E-state index is -4.82. The third-order valence-electron chi connectivity index (χ3n) is 2.01. The minimum absolute atomic E-state index is 0.212. The van der Waals surface area contributed by atoms with Crippen LogP contribution in [0.2, 0.25) is 0 Å². The fraction of sp³-hybridized carbons (Fsp3) is 0.333. The van der Waals surface area contributed by atoms with Gasteiger partial charge in [-0.2, -0.15) is 8.42 Å². The Morgan fingerprint density at radius 3 is 2.06 bits per heavy atom. The molecule has 1 unspecified atom stereocenters. The summed E-state index contributed by atoms with van der Waals surface area (Å²) in [6.07, 6.45) is -3.75. The topological polar surface area (TPSA) is 54.4 Å². The molecule has 0 fully saturated rings. The molecule has 0 amide bonds. The Hall–Kier alpha value is -1.08. The molecule has 0 saturated heterocycles. The molecule has 0 aliphatic carbocycles. The first-order valence-electron chi connectivity index (χ1n) is 4.29. The Balaban J connectivity index is 2.89. The molecule has 90 valence electrons. The van der Waals surface area contributed by atoms with Crippen molar-refractivity contribution in [3.63, 3.8) is 0 Å². The molecule has 0 radical (unpaired) electrons. The highest BCUT2D eigenvalue weighted by Crippen LogP contribution is 2.16. The molecule has 1 N–H and O–H groups in total. The van der Waals surface area contributed by atoms with Gasteiger partial charge >= 0.3 is 0 Å². The third-order valence-corrected chi connectivity index (χ3v) is 3.15. The maximum Gasteiger partial charge on any atom is 0.273 e. The van der Waals surface area contributed by atoms with Crippen LogP contribution in [0, 0.1) is 5.82 Å². The number of hydrogen-bond donors (Lipinski definition) is 1. The minimum Gasteiger partial charge on any atom is -0.285 e. The summed E-state index contributed by atoms with van der Waals surface area (Å²) < 4.78 is 67.1. The molecule has 0 aromatic heterocycles. The van der Waals surface area contributed by atoms with Crippen molar-refractivity contribution in [2.24, 2.45) is 0 Å². The molecule has 0 bridgehead atoms. The first-order chi connectivity index (χ1) is 7.30. The third kappa shape index (κ3) is 3.49. The first-order valence-corrected chi connectivity index (χ1v) is 5.80. The zero-order valence-electron chi connectivity index (χ0n) is 7.98. The van der Waals surface area contributed by atoms with Crippen LogP contribution in [0.25, 0.3) is 0 Å². The summed E-state index contributed by atoms with van der Waals surface area (Å²) in [6, 6.07) is 4.44. The summed E-state index contributed by atoms with van der Waals surface area (Å²) in [6.45, 7) is 0. The molecule has 0 heterocycles. The number of rotatable bonds is 4. The van der Waals surface area contributed by atoms with Crippen LogP contribution in [-0.4, -0.2) is 24.6 Å². The summed E-state index contributed by atoms with van der Waals surface area (Å²) in [5.41, 5.74) is 0.212. The second-order valence-corrected chi connectivity index (χ2v) is 4.85. The van der Waals surface area contributed by atoms with Gasteiger partial charge in [-0.25, -0.2) is 13.2 Å². The van der Waals surface area contributed by atoms with E-state index in [0.717, 1.165) is 12.1 Å². The molecule has 16 heavy (non-hydrogen) atoms. The number of alkyl halides is 2. The van der Waals surface area contributed by atoms with Gasteiger partial charge in [-0.1, -0.05) is 12.1 Å². The Bertz CT molecular complexity index is 442. The van der Waals surface area contributed by atoms with E-state index in [1.165, 1.54) is 12.1 Å². The summed E-state index contributed by atoms with van der Waals surface area (Å²) in [7, 11) is -4.82. The van der Waals surface area contributed by atoms with Gasteiger partial charge in [0.1, 0.15) is 5.82 Å². The highest BCUT2D eigenvalue weighted by atomic mass is 32.2. The van der Waals surface area contributed by atoms with Crippen LogP contribution in [-0.2, 0) is 16.5 Å². The van der Waals surface area contributed by atoms with Crippen LogP contribution >= 0.6 is 0 Å². The van der Waals surface area contributed by atoms with E-state index in [1.807, 2.05) is 0 Å². The van der Waals surface area contributed by atoms with Crippen molar-refractivity contribution in [3.8, 4) is 0 Å². The summed E-state index contributed by atoms with van der Waals surface area (Å²) in [5, 5.41) is -2.18. The van der Waals surface area contributed by atoms with Crippen LogP contribution < -0.4 is 0 Å². The largest absolute Gasteiger partial charge is 0.285 e. The van der Waals surface area contributed by atoms with E-state index in [2.05, 4.69) is 0 Å². The normalized spacial score (nSPS) is 14.1. The molecule has 1 aromatic carbocycles. The lowest BCUT2D eigenvalue weighted by Crippen LogP contribution is -2.30. The Labute approximate surface area is 90.7 Å². The molecule has 1 atom stereocenters. The molecular formula is C9H9F3O3S. The van der Waals surface area contributed by atoms with E-state index >= 15 is 0 Å². The lowest BCUT2D eigenvalue weighted by Gasteiger charge is -2.12. The van der Waals surface area contributed by atoms with Crippen LogP contribution in [0.4, 0.5) is 13.2 Å². The van der Waals surface area contributed by atoms with Gasteiger partial charge in [0.15, 0.2) is 5.25 Å². The highest BCUT2D eigenvalue weighted by molar-refractivity contribution is 7.86. The number of hydrogen-bond acceptors (Lipinski definition) is 2. The Kier molecular flexibility index (Phi) is 3.93. The van der Waals surface area contributed by atoms with E-state index in [4.69, 9.17) is 4.55 Å². The van der Waals surface area contributed by atoms with Crippen molar-refractivity contribution >= 4 is 10.1 Å². The summed E-state index contributed by atoms with van der Waals surface area (Å²) in [4.78, 5) is 0. The Morgan fingerprint density at radius 1 is 1.19 bits per heavy atom. The van der Waals surface area contributed by atoms with Gasteiger partial charge in [0.25, 0.3) is 16.5 Å². The fourth-order valence-corrected chi connectivity index (χ4v) is 1.84. The predicted molar refractivity (Wildman–Crippen MR) is 51.4 cm³/mol. The molecule has 7 heteroatoms. The zero-order valence-corrected chi connectivity index (χ0v) is 8.79. The molecule has 0 saturated carbocycles. The van der Waals surface area contributed by atoms with Crippen molar-refractivity contribution in [2.75, 3.05) is 0 Å². The van der Waals surface area contributed by atoms with E-state index < -0.39 is 34.0 Å². The van der Waals surface area contributed by atoms with E-state index in [0.29, 0.717) is 0 Å². The second kappa shape index (κ2) is 4.84. The van der Waals surface area contributed by atoms with Crippen molar-refractivity contribution in [1.29, 1.82) is 0 Å². The van der Waals surface area contributed by atoms with Gasteiger partial charge in [-0.05, 0) is 24.1 Å². The maximum atomic E-state index is 12.5. The standard InChI is InChI=1S/C9H9F3O3S/c10-7-3-1-6(2-4-7)5-8(9(11)12)16(13,14)15/h1-4,8-9H,5H2,(H,13,14,15). The average molecular weight is 254 g/mol. The van der Waals surface area contributed by atoms with Crippen molar-refractivity contribution in [2.45, 2.75) is 18.1 Å². The summed E-state index contributed by atoms with van der Waals surface area (Å²) >= 11 is 0. The molecule has 0 spiro atoms. The first kappa shape index (κ1) is 13.0. The lowest BCUT2D eigenvalue weighted by molar-refractivity contribution is 0.137. The molecule has 1 aromatic rings. The maximum absolute atomic E-state index is 12.5. The monoisotopic (exact) mass is 254 g/mol. The van der Waals surface area contributed by atoms with E-state index in [9.17, 15) is 21.6 Å². The molecule has 3 nitrogen and oxygen atoms in total. The second-order valence-electron chi connectivity index (χ2n) is 3.22. The van der Waals surface area contributed by atoms with Crippen molar-refractivity contribution in [1.82, 2.24) is 0 Å². The van der Waals surface area contributed by atoms with Crippen molar-refractivity contribution < 1.29 is 26.1 Å². The zero-order chi connectivity index (χ0) is 12.3. The van der Waals surface area contributed by atoms with Gasteiger partial charge in [0, 0.05) is 0 Å². The molecule has 0 aliphatic heterocycles. The number of halogens is 3. The van der Waals surface area contributed by atoms with Crippen LogP contribution in [0.1, 0.15) is 5.56 Å². The van der Waals surface area contributed by atoms with E-state index in [1.54, 1.807) is 0 Å². The van der Waals surface area contributed by atoms with Crippen LogP contribution in [0.5, 0.6) is 0 Å². The van der Waals surface area contributed by atoms with Gasteiger partial charge in [-0.3, -0.25) is 4.55 Å². The predicted octanol–water partition coefficient (Wildman–Crippen LogP) is 1.89. The van der Waals surface area contributed by atoms with Gasteiger partial charge in [-0.15, -0.1) is 0 Å². The average Bonchev–Trinajstić information content (AvgIpc) is 2.14. The molecule has 0 aliphatic rings. The van der Waals surface area contributed by atoms with Crippen LogP contribution in [0.3, 0.4) is 0 Å². The smallest absolute Gasteiger partial charge is 0.273 e. The Morgan fingerprint density at radius 2 is 1.69 bits per heavy atom. The molecular weight excluding hydrogens is 245 g/mol. The van der Waals surface area contributed by atoms with Crippen LogP contribution in [0.15, 0.2) is 24.3 Å². The fourth-order valence-electron chi connectivity index (χ4n) is 1.18. The van der Waals surface area contributed by atoms with Gasteiger partial charge in [0.2, 0.25) is 0 Å². The highest BCUT2D eigenvalue weighted by Gasteiger charge is 2.32. The summed E-state index contributed by atoms with van der Waals surface area (Å²) in [5.74, 6) is -0.552. The SMILES string of the molecule is O=S(=O)(O)C(Cc1ccc(F)cc1)C(F)F. The molecule has 1 rings (SSSR count). The quantitative estimate of drug-likeness (QED) is 0.835.